The number of anilines is 1. The molecule has 0 aliphatic heterocycles. The van der Waals surface area contributed by atoms with Gasteiger partial charge in [0.15, 0.2) is 0 Å². The predicted molar refractivity (Wildman–Crippen MR) is 117 cm³/mol. The fraction of sp³-hybridized carbons (Fsp3) is 0.524. The van der Waals surface area contributed by atoms with Crippen LogP contribution in [0.1, 0.15) is 39.8 Å². The lowest BCUT2D eigenvalue weighted by Crippen LogP contribution is -2.29. The molecule has 0 fully saturated rings. The number of benzene rings is 1. The molecular weight excluding hydrogens is 413 g/mol. The van der Waals surface area contributed by atoms with Crippen molar-refractivity contribution < 1.29 is 18.0 Å². The third kappa shape index (κ3) is 9.21. The molecule has 0 unspecified atom stereocenters. The second kappa shape index (κ2) is 13.3. The van der Waals surface area contributed by atoms with Gasteiger partial charge in [-0.1, -0.05) is 27.7 Å². The number of alkyl halides is 3. The maximum atomic E-state index is 12.2. The van der Waals surface area contributed by atoms with Crippen molar-refractivity contribution in [2.75, 3.05) is 25.0 Å². The van der Waals surface area contributed by atoms with Gasteiger partial charge in [0, 0.05) is 34.8 Å². The quantitative estimate of drug-likeness (QED) is 0.524. The van der Waals surface area contributed by atoms with Crippen LogP contribution in [0, 0.1) is 0 Å². The van der Waals surface area contributed by atoms with E-state index < -0.39 is 12.1 Å². The first-order valence-corrected chi connectivity index (χ1v) is 11.1. The number of aryl methyl sites for hydroxylation is 1. The van der Waals surface area contributed by atoms with Crippen molar-refractivity contribution in [1.29, 1.82) is 0 Å². The van der Waals surface area contributed by atoms with Crippen molar-refractivity contribution in [3.05, 3.63) is 42.5 Å². The second-order valence-electron chi connectivity index (χ2n) is 6.46. The van der Waals surface area contributed by atoms with Gasteiger partial charge in [-0.25, -0.2) is 4.98 Å². The van der Waals surface area contributed by atoms with Crippen LogP contribution in [0.15, 0.2) is 41.7 Å². The number of halogens is 3. The van der Waals surface area contributed by atoms with Crippen molar-refractivity contribution in [2.24, 2.45) is 0 Å². The molecule has 1 amide bonds. The summed E-state index contributed by atoms with van der Waals surface area (Å²) in [6.45, 7) is 13.1. The Morgan fingerprint density at radius 2 is 1.70 bits per heavy atom. The Balaban J connectivity index is 0.000000553. The molecule has 0 radical (unpaired) electrons. The zero-order chi connectivity index (χ0) is 22.6. The summed E-state index contributed by atoms with van der Waals surface area (Å²) in [4.78, 5) is 18.2. The molecule has 0 spiro atoms. The maximum absolute atomic E-state index is 12.2. The van der Waals surface area contributed by atoms with Crippen LogP contribution in [0.3, 0.4) is 0 Å². The smallest absolute Gasteiger partial charge is 0.334 e. The van der Waals surface area contributed by atoms with E-state index in [1.807, 2.05) is 5.32 Å². The topological polar surface area (TPSA) is 50.2 Å². The Morgan fingerprint density at radius 1 is 1.10 bits per heavy atom. The summed E-state index contributed by atoms with van der Waals surface area (Å²) >= 11 is 1.56. The molecule has 0 saturated heterocycles. The van der Waals surface area contributed by atoms with E-state index in [2.05, 4.69) is 42.1 Å². The van der Waals surface area contributed by atoms with Crippen LogP contribution >= 0.6 is 11.8 Å². The zero-order valence-electron chi connectivity index (χ0n) is 18.0. The van der Waals surface area contributed by atoms with Crippen molar-refractivity contribution in [2.45, 2.75) is 57.5 Å². The first-order chi connectivity index (χ1) is 14.2. The van der Waals surface area contributed by atoms with Crippen molar-refractivity contribution in [3.63, 3.8) is 0 Å². The average molecular weight is 445 g/mol. The Bertz CT molecular complexity index is 738. The van der Waals surface area contributed by atoms with Gasteiger partial charge in [-0.2, -0.15) is 13.2 Å². The molecule has 9 heteroatoms. The van der Waals surface area contributed by atoms with E-state index in [1.165, 1.54) is 31.8 Å². The molecule has 0 aliphatic rings. The Morgan fingerprint density at radius 3 is 2.17 bits per heavy atom. The van der Waals surface area contributed by atoms with E-state index in [4.69, 9.17) is 0 Å². The fourth-order valence-electron chi connectivity index (χ4n) is 2.58. The molecule has 168 valence electrons. The molecule has 1 heterocycles. The van der Waals surface area contributed by atoms with E-state index in [0.29, 0.717) is 5.75 Å². The number of amides is 1. The van der Waals surface area contributed by atoms with Gasteiger partial charge < -0.3 is 14.8 Å². The van der Waals surface area contributed by atoms with Gasteiger partial charge in [0.1, 0.15) is 0 Å². The van der Waals surface area contributed by atoms with Crippen LogP contribution in [0.25, 0.3) is 0 Å². The van der Waals surface area contributed by atoms with Gasteiger partial charge in [0.05, 0.1) is 6.33 Å². The molecule has 1 aromatic heterocycles. The van der Waals surface area contributed by atoms with E-state index >= 15 is 0 Å². The molecular formula is C21H31F3N4OS. The highest BCUT2D eigenvalue weighted by atomic mass is 32.2. The van der Waals surface area contributed by atoms with Crippen LogP contribution in [0.5, 0.6) is 0 Å². The number of hydrogen-bond donors (Lipinski definition) is 1. The summed E-state index contributed by atoms with van der Waals surface area (Å²) in [7, 11) is 0. The number of nitrogens with zero attached hydrogens (tertiary/aromatic N) is 3. The first kappa shape index (κ1) is 26.0. The van der Waals surface area contributed by atoms with Gasteiger partial charge in [-0.05, 0) is 50.3 Å². The lowest BCUT2D eigenvalue weighted by molar-refractivity contribution is -0.167. The van der Waals surface area contributed by atoms with Crippen molar-refractivity contribution in [3.8, 4) is 0 Å². The molecule has 0 aliphatic carbocycles. The second-order valence-corrected chi connectivity index (χ2v) is 7.51. The van der Waals surface area contributed by atoms with Gasteiger partial charge >= 0.3 is 12.1 Å². The third-order valence-corrected chi connectivity index (χ3v) is 5.41. The highest BCUT2D eigenvalue weighted by Gasteiger charge is 2.38. The van der Waals surface area contributed by atoms with Crippen LogP contribution in [0.2, 0.25) is 0 Å². The number of aromatic nitrogens is 2. The SMILES string of the molecule is CCCn1cncc1CSc1ccc(NC(=O)C(F)(F)F)cc1.CCN(CC)CC. The number of nitrogens with one attached hydrogen (secondary N) is 1. The summed E-state index contributed by atoms with van der Waals surface area (Å²) in [6, 6.07) is 6.26. The van der Waals surface area contributed by atoms with Crippen LogP contribution < -0.4 is 5.32 Å². The number of hydrogen-bond acceptors (Lipinski definition) is 4. The number of imidazole rings is 1. The summed E-state index contributed by atoms with van der Waals surface area (Å²) in [5, 5.41) is 1.82. The van der Waals surface area contributed by atoms with E-state index in [0.717, 1.165) is 23.6 Å². The molecule has 1 aromatic carbocycles. The van der Waals surface area contributed by atoms with E-state index in [9.17, 15) is 18.0 Å². The largest absolute Gasteiger partial charge is 0.471 e. The normalized spacial score (nSPS) is 11.2. The molecule has 0 saturated carbocycles. The van der Waals surface area contributed by atoms with Crippen LogP contribution in [-0.2, 0) is 17.1 Å². The molecule has 5 nitrogen and oxygen atoms in total. The summed E-state index contributed by atoms with van der Waals surface area (Å²) in [6.07, 6.45) is -0.275. The predicted octanol–water partition coefficient (Wildman–Crippen LogP) is 5.43. The lowest BCUT2D eigenvalue weighted by Gasteiger charge is -2.13. The Hall–Kier alpha value is -2.00. The molecule has 1 N–H and O–H groups in total. The van der Waals surface area contributed by atoms with E-state index in [-0.39, 0.29) is 5.69 Å². The van der Waals surface area contributed by atoms with Crippen LogP contribution in [-0.4, -0.2) is 46.2 Å². The number of carbonyl (C=O) groups is 1. The van der Waals surface area contributed by atoms with Crippen LogP contribution in [0.4, 0.5) is 18.9 Å². The third-order valence-electron chi connectivity index (χ3n) is 4.36. The summed E-state index contributed by atoms with van der Waals surface area (Å²) in [5.41, 5.74) is 1.21. The van der Waals surface area contributed by atoms with E-state index in [1.54, 1.807) is 36.4 Å². The van der Waals surface area contributed by atoms with Gasteiger partial charge in [-0.15, -0.1) is 11.8 Å². The highest BCUT2D eigenvalue weighted by molar-refractivity contribution is 7.98. The van der Waals surface area contributed by atoms with Gasteiger partial charge in [0.2, 0.25) is 0 Å². The summed E-state index contributed by atoms with van der Waals surface area (Å²) in [5.74, 6) is -1.25. The zero-order valence-corrected chi connectivity index (χ0v) is 18.8. The first-order valence-electron chi connectivity index (χ1n) is 10.1. The monoisotopic (exact) mass is 444 g/mol. The lowest BCUT2D eigenvalue weighted by atomic mass is 10.3. The van der Waals surface area contributed by atoms with Crippen molar-refractivity contribution >= 4 is 23.4 Å². The molecule has 2 rings (SSSR count). The highest BCUT2D eigenvalue weighted by Crippen LogP contribution is 2.25. The number of rotatable bonds is 9. The summed E-state index contributed by atoms with van der Waals surface area (Å²) < 4.78 is 38.6. The van der Waals surface area contributed by atoms with Gasteiger partial charge in [-0.3, -0.25) is 4.79 Å². The Kier molecular flexibility index (Phi) is 11.6. The standard InChI is InChI=1S/C15H16F3N3OS.C6H15N/c1-2-7-21-10-19-8-12(21)9-23-13-5-3-11(4-6-13)20-14(22)15(16,17)18;1-4-7(5-2)6-3/h3-6,8,10H,2,7,9H2,1H3,(H,20,22);4-6H2,1-3H3. The van der Waals surface area contributed by atoms with Crippen molar-refractivity contribution in [1.82, 2.24) is 14.5 Å². The minimum absolute atomic E-state index is 0.118. The Labute approximate surface area is 181 Å². The molecule has 2 aromatic rings. The molecule has 0 atom stereocenters. The fourth-order valence-corrected chi connectivity index (χ4v) is 3.46. The average Bonchev–Trinajstić information content (AvgIpc) is 3.16. The minimum Gasteiger partial charge on any atom is -0.334 e. The van der Waals surface area contributed by atoms with Gasteiger partial charge in [0.25, 0.3) is 0 Å². The molecule has 0 bridgehead atoms. The molecule has 30 heavy (non-hydrogen) atoms. The number of carbonyl (C=O) groups excluding carboxylic acids is 1. The minimum atomic E-state index is -4.88. The number of thioether (sulfide) groups is 1. The maximum Gasteiger partial charge on any atom is 0.471 e.